The number of rotatable bonds is 4. The normalized spacial score (nSPS) is 10.3. The Hall–Kier alpha value is -3.48. The second-order valence-corrected chi connectivity index (χ2v) is 4.60. The lowest BCUT2D eigenvalue weighted by Gasteiger charge is -2.02. The Bertz CT molecular complexity index is 844. The van der Waals surface area contributed by atoms with Crippen molar-refractivity contribution in [3.63, 3.8) is 0 Å². The first-order valence-corrected chi connectivity index (χ1v) is 6.66. The SMILES string of the molecule is O=C(Nc1onc(-c2ccncc2)c1C(=O)O)c1ccccc1. The number of nitrogens with one attached hydrogen (secondary N) is 1. The van der Waals surface area contributed by atoms with Crippen molar-refractivity contribution in [1.82, 2.24) is 10.1 Å². The quantitative estimate of drug-likeness (QED) is 0.767. The van der Waals surface area contributed by atoms with Gasteiger partial charge in [-0.3, -0.25) is 15.1 Å². The van der Waals surface area contributed by atoms with E-state index in [1.54, 1.807) is 42.5 Å². The third kappa shape index (κ3) is 2.93. The van der Waals surface area contributed by atoms with Gasteiger partial charge in [0.25, 0.3) is 5.91 Å². The fourth-order valence-electron chi connectivity index (χ4n) is 2.05. The average molecular weight is 309 g/mol. The van der Waals surface area contributed by atoms with Gasteiger partial charge < -0.3 is 9.63 Å². The van der Waals surface area contributed by atoms with Crippen LogP contribution in [0.25, 0.3) is 11.3 Å². The molecule has 0 bridgehead atoms. The highest BCUT2D eigenvalue weighted by Crippen LogP contribution is 2.28. The van der Waals surface area contributed by atoms with Gasteiger partial charge in [-0.05, 0) is 24.3 Å². The maximum atomic E-state index is 12.1. The predicted molar refractivity (Wildman–Crippen MR) is 81.1 cm³/mol. The van der Waals surface area contributed by atoms with E-state index < -0.39 is 11.9 Å². The van der Waals surface area contributed by atoms with Gasteiger partial charge >= 0.3 is 5.97 Å². The second kappa shape index (κ2) is 6.10. The molecule has 0 fully saturated rings. The van der Waals surface area contributed by atoms with E-state index in [4.69, 9.17) is 4.52 Å². The van der Waals surface area contributed by atoms with Crippen molar-refractivity contribution in [1.29, 1.82) is 0 Å². The lowest BCUT2D eigenvalue weighted by Crippen LogP contribution is -2.13. The van der Waals surface area contributed by atoms with Crippen LogP contribution in [0.1, 0.15) is 20.7 Å². The lowest BCUT2D eigenvalue weighted by molar-refractivity contribution is 0.0698. The summed E-state index contributed by atoms with van der Waals surface area (Å²) < 4.78 is 5.02. The minimum absolute atomic E-state index is 0.128. The number of carbonyl (C=O) groups is 2. The van der Waals surface area contributed by atoms with Crippen LogP contribution in [0.3, 0.4) is 0 Å². The topological polar surface area (TPSA) is 105 Å². The van der Waals surface area contributed by atoms with Crippen LogP contribution in [0.4, 0.5) is 5.88 Å². The van der Waals surface area contributed by atoms with Crippen molar-refractivity contribution in [2.45, 2.75) is 0 Å². The van der Waals surface area contributed by atoms with Crippen LogP contribution in [0.15, 0.2) is 59.4 Å². The number of hydrogen-bond donors (Lipinski definition) is 2. The van der Waals surface area contributed by atoms with Gasteiger partial charge in [0.1, 0.15) is 5.69 Å². The summed E-state index contributed by atoms with van der Waals surface area (Å²) in [6.07, 6.45) is 3.02. The number of benzene rings is 1. The van der Waals surface area contributed by atoms with Crippen molar-refractivity contribution >= 4 is 17.8 Å². The third-order valence-electron chi connectivity index (χ3n) is 3.12. The molecule has 0 saturated heterocycles. The average Bonchev–Trinajstić information content (AvgIpc) is 3.00. The van der Waals surface area contributed by atoms with Crippen molar-refractivity contribution < 1.29 is 19.2 Å². The Morgan fingerprint density at radius 2 is 1.74 bits per heavy atom. The number of nitrogens with zero attached hydrogens (tertiary/aromatic N) is 2. The summed E-state index contributed by atoms with van der Waals surface area (Å²) in [7, 11) is 0. The van der Waals surface area contributed by atoms with Gasteiger partial charge in [-0.25, -0.2) is 4.79 Å². The van der Waals surface area contributed by atoms with E-state index in [9.17, 15) is 14.7 Å². The van der Waals surface area contributed by atoms with Gasteiger partial charge in [0.15, 0.2) is 5.56 Å². The van der Waals surface area contributed by atoms with Gasteiger partial charge in [-0.15, -0.1) is 0 Å². The van der Waals surface area contributed by atoms with Gasteiger partial charge in [0.2, 0.25) is 5.88 Å². The molecule has 3 rings (SSSR count). The number of carbonyl (C=O) groups excluding carboxylic acids is 1. The summed E-state index contributed by atoms with van der Waals surface area (Å²) >= 11 is 0. The minimum atomic E-state index is -1.25. The highest BCUT2D eigenvalue weighted by Gasteiger charge is 2.25. The largest absolute Gasteiger partial charge is 0.477 e. The standard InChI is InChI=1S/C16H11N3O4/c20-14(11-4-2-1-3-5-11)18-15-12(16(21)22)13(19-23-15)10-6-8-17-9-7-10/h1-9H,(H,18,20)(H,21,22). The molecule has 7 heteroatoms. The van der Waals surface area contributed by atoms with Crippen LogP contribution in [-0.2, 0) is 0 Å². The van der Waals surface area contributed by atoms with Crippen molar-refractivity contribution in [3.8, 4) is 11.3 Å². The van der Waals surface area contributed by atoms with Crippen LogP contribution in [0.2, 0.25) is 0 Å². The first-order chi connectivity index (χ1) is 11.2. The molecule has 2 N–H and O–H groups in total. The number of anilines is 1. The summed E-state index contributed by atoms with van der Waals surface area (Å²) in [5.41, 5.74) is 0.829. The fourth-order valence-corrected chi connectivity index (χ4v) is 2.05. The number of aromatic carboxylic acids is 1. The van der Waals surface area contributed by atoms with Crippen LogP contribution in [-0.4, -0.2) is 27.1 Å². The van der Waals surface area contributed by atoms with Crippen LogP contribution in [0, 0.1) is 0 Å². The molecule has 0 radical (unpaired) electrons. The summed E-state index contributed by atoms with van der Waals surface area (Å²) in [5, 5.41) is 15.6. The molecule has 0 aliphatic rings. The Morgan fingerprint density at radius 3 is 2.39 bits per heavy atom. The van der Waals surface area contributed by atoms with Crippen molar-refractivity contribution in [3.05, 3.63) is 66.0 Å². The second-order valence-electron chi connectivity index (χ2n) is 4.60. The Balaban J connectivity index is 1.96. The minimum Gasteiger partial charge on any atom is -0.477 e. The van der Waals surface area contributed by atoms with E-state index in [2.05, 4.69) is 15.5 Å². The Kier molecular flexibility index (Phi) is 3.84. The number of hydrogen-bond acceptors (Lipinski definition) is 5. The molecule has 0 aliphatic heterocycles. The zero-order chi connectivity index (χ0) is 16.2. The molecular weight excluding hydrogens is 298 g/mol. The predicted octanol–water partition coefficient (Wildman–Crippen LogP) is 2.69. The monoisotopic (exact) mass is 309 g/mol. The van der Waals surface area contributed by atoms with E-state index in [1.165, 1.54) is 12.4 Å². The Morgan fingerprint density at radius 1 is 1.04 bits per heavy atom. The molecule has 3 aromatic rings. The van der Waals surface area contributed by atoms with Gasteiger partial charge in [-0.2, -0.15) is 0 Å². The van der Waals surface area contributed by atoms with Crippen LogP contribution in [0.5, 0.6) is 0 Å². The first-order valence-electron chi connectivity index (χ1n) is 6.66. The van der Waals surface area contributed by atoms with Gasteiger partial charge in [-0.1, -0.05) is 23.4 Å². The van der Waals surface area contributed by atoms with E-state index >= 15 is 0 Å². The fraction of sp³-hybridized carbons (Fsp3) is 0. The van der Waals surface area contributed by atoms with Crippen molar-refractivity contribution in [2.75, 3.05) is 5.32 Å². The zero-order valence-corrected chi connectivity index (χ0v) is 11.8. The molecule has 0 atom stereocenters. The number of carboxylic acids is 1. The molecule has 7 nitrogen and oxygen atoms in total. The summed E-state index contributed by atoms with van der Waals surface area (Å²) in [6.45, 7) is 0. The Labute approximate surface area is 130 Å². The highest BCUT2D eigenvalue weighted by molar-refractivity contribution is 6.08. The van der Waals surface area contributed by atoms with E-state index in [1.807, 2.05) is 0 Å². The number of aromatic nitrogens is 2. The molecule has 0 aliphatic carbocycles. The molecular formula is C16H11N3O4. The van der Waals surface area contributed by atoms with Crippen molar-refractivity contribution in [2.24, 2.45) is 0 Å². The molecule has 2 heterocycles. The first kappa shape index (κ1) is 14.5. The number of carboxylic acid groups (broad SMARTS) is 1. The number of pyridine rings is 1. The van der Waals surface area contributed by atoms with E-state index in [0.29, 0.717) is 11.1 Å². The molecule has 23 heavy (non-hydrogen) atoms. The lowest BCUT2D eigenvalue weighted by atomic mass is 10.1. The van der Waals surface area contributed by atoms with Crippen LogP contribution < -0.4 is 5.32 Å². The molecule has 1 aromatic carbocycles. The van der Waals surface area contributed by atoms with E-state index in [0.717, 1.165) is 0 Å². The maximum Gasteiger partial charge on any atom is 0.343 e. The van der Waals surface area contributed by atoms with Gasteiger partial charge in [0.05, 0.1) is 0 Å². The van der Waals surface area contributed by atoms with Gasteiger partial charge in [0, 0.05) is 23.5 Å². The third-order valence-corrected chi connectivity index (χ3v) is 3.12. The highest BCUT2D eigenvalue weighted by atomic mass is 16.5. The molecule has 114 valence electrons. The summed E-state index contributed by atoms with van der Waals surface area (Å²) in [4.78, 5) is 27.5. The molecule has 0 spiro atoms. The summed E-state index contributed by atoms with van der Waals surface area (Å²) in [5.74, 6) is -1.94. The molecule has 0 saturated carbocycles. The molecule has 0 unspecified atom stereocenters. The number of amides is 1. The maximum absolute atomic E-state index is 12.1. The molecule has 1 amide bonds. The smallest absolute Gasteiger partial charge is 0.343 e. The summed E-state index contributed by atoms with van der Waals surface area (Å²) in [6, 6.07) is 11.6. The molecule has 2 aromatic heterocycles. The van der Waals surface area contributed by atoms with Crippen LogP contribution >= 0.6 is 0 Å². The zero-order valence-electron chi connectivity index (χ0n) is 11.8. The van der Waals surface area contributed by atoms with E-state index in [-0.39, 0.29) is 17.1 Å².